The lowest BCUT2D eigenvalue weighted by molar-refractivity contribution is -0.364. The number of aliphatic hydroxyl groups is 4. The average molecular weight is 1770 g/mol. The summed E-state index contributed by atoms with van der Waals surface area (Å²) in [5.74, 6) is -5.28. The van der Waals surface area contributed by atoms with Gasteiger partial charge in [0.1, 0.15) is 48.7 Å². The van der Waals surface area contributed by atoms with Crippen molar-refractivity contribution in [1.29, 1.82) is 0 Å². The Balaban J connectivity index is 2.85. The summed E-state index contributed by atoms with van der Waals surface area (Å²) in [5.41, 5.74) is 0. The number of phosphoric acid groups is 2. The number of esters is 4. The number of amides is 2. The molecule has 0 unspecified atom stereocenters. The summed E-state index contributed by atoms with van der Waals surface area (Å²) in [4.78, 5) is 137. The van der Waals surface area contributed by atoms with Crippen LogP contribution in [-0.2, 0) is 80.1 Å². The Morgan fingerprint density at radius 2 is 0.645 bits per heavy atom. The van der Waals surface area contributed by atoms with E-state index in [9.17, 15) is 73.1 Å². The molecule has 0 aromatic carbocycles. The quantitative estimate of drug-likeness (QED) is 0.0142. The van der Waals surface area contributed by atoms with Gasteiger partial charge in [-0.25, -0.2) is 0 Å². The fraction of sp³-hybridized carbons (Fsp3) is 0.935. The van der Waals surface area contributed by atoms with Crippen molar-refractivity contribution in [1.82, 2.24) is 10.6 Å². The van der Waals surface area contributed by atoms with Crippen LogP contribution in [0.3, 0.4) is 0 Å². The Hall–Kier alpha value is -3.24. The number of aliphatic hydroxyl groups excluding tert-OH is 4. The minimum Gasteiger partial charge on any atom is -0.790 e. The van der Waals surface area contributed by atoms with Gasteiger partial charge in [0.25, 0.3) is 0 Å². The topological polar surface area (TPSA) is 417 Å². The first-order valence-corrected chi connectivity index (χ1v) is 51.6. The van der Waals surface area contributed by atoms with E-state index in [2.05, 4.69) is 52.2 Å². The standard InChI is InChI=1S/C92H174N2O25P2/c1-7-13-19-25-31-37-43-49-55-61-73(96)67-79(98)93-85-89(116-83(102)68-74(97)62-56-50-44-38-32-26-20-14-8-2)87(104)78(115-92(85)119-121(108,109)110)72-111-91-86(94-80(99)69-75(63-57-51-45-39-33-27-21-15-9-3)112-81(100)65-59-53-47-41-35-29-23-17-11-5)90(88(77(71-95)114-91)118-120(105,106)107)117-84(103)70-76(64-58-52-46-40-34-28-22-16-10-4)113-82(101)66-60-54-48-42-36-30-24-18-12-6/h73-78,85-92,95-97,104H,7-72H2,1-6H3,(H,93,98)(H,94,99)(H2,105,106,107)(H2,108,109,110)/p-4/t73-,74-,75-,76-,77-,78-,85-,86-,87-,88-,89-,90-,91-,92-/m1/s1. The molecule has 712 valence electrons. The van der Waals surface area contributed by atoms with Gasteiger partial charge in [-0.15, -0.1) is 0 Å². The van der Waals surface area contributed by atoms with Gasteiger partial charge in [-0.2, -0.15) is 0 Å². The lowest BCUT2D eigenvalue weighted by Gasteiger charge is -2.49. The molecule has 0 bridgehead atoms. The number of unbranched alkanes of at least 4 members (excludes halogenated alkanes) is 48. The first kappa shape index (κ1) is 114. The fourth-order valence-electron chi connectivity index (χ4n) is 16.2. The molecular formula is C92H170N2O25P2-4. The average Bonchev–Trinajstić information content (AvgIpc) is 0.772. The molecular weight excluding hydrogens is 1590 g/mol. The minimum atomic E-state index is -6.19. The zero-order valence-electron chi connectivity index (χ0n) is 76.0. The fourth-order valence-corrected chi connectivity index (χ4v) is 17.2. The Morgan fingerprint density at radius 1 is 0.347 bits per heavy atom. The normalized spacial score (nSPS) is 20.5. The number of nitrogens with one attached hydrogen (secondary N) is 2. The van der Waals surface area contributed by atoms with Crippen molar-refractivity contribution in [3.8, 4) is 0 Å². The molecule has 2 amide bonds. The predicted molar refractivity (Wildman–Crippen MR) is 462 cm³/mol. The molecule has 2 heterocycles. The second kappa shape index (κ2) is 73.6. The SMILES string of the molecule is CCCCCCCCCCCC(=O)O[C@H](CCCCCCCCCCC)CC(=O)N[C@H]1[C@H](OC[C@H]2O[C@H](OP(=O)([O-])[O-])[C@H](NC(=O)C[C@H](O)CCCCCCCCCCC)[C@@H](OC(=O)C[C@H](O)CCCCCCCCCCC)[C@@H]2O)O[C@H](CO)[C@@H](OP(=O)([O-])[O-])[C@@H]1OC(=O)C[C@@H](CCCCCCCCCCC)OC(=O)CCCCCCCCCCC. The molecule has 2 saturated heterocycles. The van der Waals surface area contributed by atoms with Crippen molar-refractivity contribution in [2.24, 2.45) is 0 Å². The van der Waals surface area contributed by atoms with Gasteiger partial charge in [0, 0.05) is 12.8 Å². The molecule has 2 fully saturated rings. The third-order valence-corrected chi connectivity index (χ3v) is 24.3. The van der Waals surface area contributed by atoms with Crippen LogP contribution in [0.4, 0.5) is 0 Å². The van der Waals surface area contributed by atoms with Gasteiger partial charge >= 0.3 is 23.9 Å². The molecule has 0 aromatic heterocycles. The van der Waals surface area contributed by atoms with Gasteiger partial charge in [0.2, 0.25) is 11.8 Å². The van der Waals surface area contributed by atoms with Crippen LogP contribution in [0, 0.1) is 0 Å². The molecule has 2 aliphatic rings. The van der Waals surface area contributed by atoms with Gasteiger partial charge in [-0.1, -0.05) is 363 Å². The van der Waals surface area contributed by atoms with E-state index in [0.717, 1.165) is 276 Å². The summed E-state index contributed by atoms with van der Waals surface area (Å²) in [6.07, 6.45) is 29.6. The highest BCUT2D eigenvalue weighted by atomic mass is 31.2. The van der Waals surface area contributed by atoms with Crippen molar-refractivity contribution < 1.29 is 120 Å². The van der Waals surface area contributed by atoms with Crippen LogP contribution in [-0.4, -0.2) is 155 Å². The summed E-state index contributed by atoms with van der Waals surface area (Å²) in [6.45, 7) is 10.7. The van der Waals surface area contributed by atoms with Crippen LogP contribution in [0.15, 0.2) is 0 Å². The molecule has 29 heteroatoms. The summed E-state index contributed by atoms with van der Waals surface area (Å²) in [6, 6.07) is -4.03. The maximum atomic E-state index is 15.1. The van der Waals surface area contributed by atoms with E-state index in [1.807, 2.05) is 0 Å². The zero-order chi connectivity index (χ0) is 89.0. The molecule has 0 radical (unpaired) electrons. The van der Waals surface area contributed by atoms with E-state index in [1.165, 1.54) is 32.1 Å². The Kier molecular flexibility index (Phi) is 69.3. The van der Waals surface area contributed by atoms with Crippen LogP contribution in [0.2, 0.25) is 0 Å². The number of phosphoric ester groups is 2. The maximum Gasteiger partial charge on any atom is 0.310 e. The van der Waals surface area contributed by atoms with Crippen molar-refractivity contribution in [3.63, 3.8) is 0 Å². The van der Waals surface area contributed by atoms with E-state index >= 15 is 4.79 Å². The van der Waals surface area contributed by atoms with Crippen molar-refractivity contribution in [2.75, 3.05) is 13.2 Å². The molecule has 0 aromatic rings. The molecule has 14 atom stereocenters. The molecule has 2 aliphatic heterocycles. The van der Waals surface area contributed by atoms with Gasteiger partial charge in [0.15, 0.2) is 24.8 Å². The highest BCUT2D eigenvalue weighted by Gasteiger charge is 2.54. The predicted octanol–water partition coefficient (Wildman–Crippen LogP) is 17.3. The summed E-state index contributed by atoms with van der Waals surface area (Å²) < 4.78 is 78.7. The monoisotopic (exact) mass is 1770 g/mol. The number of carbonyl (C=O) groups is 6. The minimum absolute atomic E-state index is 0.0569. The van der Waals surface area contributed by atoms with Crippen LogP contribution in [0.5, 0.6) is 0 Å². The number of ether oxygens (including phenoxy) is 7. The zero-order valence-corrected chi connectivity index (χ0v) is 77.8. The second-order valence-electron chi connectivity index (χ2n) is 34.7. The van der Waals surface area contributed by atoms with E-state index in [-0.39, 0.29) is 38.5 Å². The van der Waals surface area contributed by atoms with E-state index in [1.54, 1.807) is 0 Å². The van der Waals surface area contributed by atoms with Gasteiger partial charge in [0.05, 0.1) is 66.8 Å². The van der Waals surface area contributed by atoms with Crippen molar-refractivity contribution in [2.45, 2.75) is 538 Å². The third-order valence-electron chi connectivity index (χ3n) is 23.3. The second-order valence-corrected chi connectivity index (χ2v) is 36.9. The maximum absolute atomic E-state index is 15.1. The number of hydrogen-bond acceptors (Lipinski definition) is 25. The number of hydrogen-bond donors (Lipinski definition) is 6. The van der Waals surface area contributed by atoms with E-state index in [4.69, 9.17) is 42.2 Å². The molecule has 0 saturated carbocycles. The van der Waals surface area contributed by atoms with Gasteiger partial charge in [-0.05, 0) is 51.4 Å². The highest BCUT2D eigenvalue weighted by molar-refractivity contribution is 7.43. The third kappa shape index (κ3) is 60.2. The van der Waals surface area contributed by atoms with E-state index in [0.29, 0.717) is 38.5 Å². The van der Waals surface area contributed by atoms with Crippen molar-refractivity contribution >= 4 is 51.3 Å². The van der Waals surface area contributed by atoms with Crippen molar-refractivity contribution in [3.05, 3.63) is 0 Å². The summed E-state index contributed by atoms with van der Waals surface area (Å²) in [7, 11) is -12.4. The first-order valence-electron chi connectivity index (χ1n) is 48.7. The van der Waals surface area contributed by atoms with Gasteiger partial charge < -0.3 is 102 Å². The van der Waals surface area contributed by atoms with Gasteiger partial charge in [-0.3, -0.25) is 28.8 Å². The van der Waals surface area contributed by atoms with E-state index < -0.39 is 176 Å². The highest BCUT2D eigenvalue weighted by Crippen LogP contribution is 2.39. The van der Waals surface area contributed by atoms with Crippen LogP contribution < -0.4 is 30.2 Å². The lowest BCUT2D eigenvalue weighted by atomic mass is 9.95. The summed E-state index contributed by atoms with van der Waals surface area (Å²) in [5, 5.41) is 51.2. The first-order chi connectivity index (χ1) is 58.3. The molecule has 121 heavy (non-hydrogen) atoms. The molecule has 0 spiro atoms. The van der Waals surface area contributed by atoms with Crippen LogP contribution in [0.25, 0.3) is 0 Å². The molecule has 0 aliphatic carbocycles. The Labute approximate surface area is 729 Å². The largest absolute Gasteiger partial charge is 0.790 e. The Morgan fingerprint density at radius 3 is 1.01 bits per heavy atom. The molecule has 2 rings (SSSR count). The Bertz CT molecular complexity index is 2680. The number of carbonyl (C=O) groups excluding carboxylic acids is 6. The van der Waals surface area contributed by atoms with Crippen LogP contribution >= 0.6 is 15.6 Å². The van der Waals surface area contributed by atoms with Crippen LogP contribution in [0.1, 0.15) is 452 Å². The summed E-state index contributed by atoms with van der Waals surface area (Å²) >= 11 is 0. The molecule has 6 N–H and O–H groups in total. The smallest absolute Gasteiger partial charge is 0.310 e. The lowest BCUT2D eigenvalue weighted by Crippen LogP contribution is -2.68. The molecule has 27 nitrogen and oxygen atoms in total. The number of rotatable bonds is 82.